The summed E-state index contributed by atoms with van der Waals surface area (Å²) in [6.07, 6.45) is -2.34. The maximum atomic E-state index is 13.9. The number of para-hydroxylation sites is 1. The fourth-order valence-corrected chi connectivity index (χ4v) is 2.20. The van der Waals surface area contributed by atoms with Crippen molar-refractivity contribution in [1.29, 1.82) is 5.26 Å². The fourth-order valence-electron chi connectivity index (χ4n) is 1.52. The summed E-state index contributed by atoms with van der Waals surface area (Å²) in [4.78, 5) is 26.7. The van der Waals surface area contributed by atoms with E-state index in [0.29, 0.717) is 0 Å². The normalized spacial score (nSPS) is 11.2. The molecule has 118 valence electrons. The highest BCUT2D eigenvalue weighted by Gasteiger charge is 2.22. The van der Waals surface area contributed by atoms with E-state index in [1.165, 1.54) is 24.6 Å². The van der Waals surface area contributed by atoms with Crippen molar-refractivity contribution in [3.63, 3.8) is 0 Å². The zero-order valence-electron chi connectivity index (χ0n) is 11.8. The molecule has 9 heteroatoms. The zero-order chi connectivity index (χ0) is 16.8. The van der Waals surface area contributed by atoms with Crippen LogP contribution in [0, 0.1) is 11.3 Å². The molecule has 1 heterocycles. The van der Waals surface area contributed by atoms with Crippen molar-refractivity contribution < 1.29 is 23.5 Å². The average Bonchev–Trinajstić information content (AvgIpc) is 3.03. The molecule has 0 saturated carbocycles. The summed E-state index contributed by atoms with van der Waals surface area (Å²) >= 11 is 0.934. The summed E-state index contributed by atoms with van der Waals surface area (Å²) in [6, 6.07) is 7.76. The summed E-state index contributed by atoms with van der Waals surface area (Å²) in [5.74, 6) is -1.83. The molecule has 0 aliphatic carbocycles. The van der Waals surface area contributed by atoms with Crippen molar-refractivity contribution >= 4 is 28.3 Å². The van der Waals surface area contributed by atoms with E-state index >= 15 is 0 Å². The number of hydrogen-bond donors (Lipinski definition) is 1. The molecule has 0 saturated heterocycles. The summed E-state index contributed by atoms with van der Waals surface area (Å²) in [6.45, 7) is 0. The molecule has 0 aliphatic rings. The number of nitrogens with zero attached hydrogens (tertiary/aromatic N) is 2. The van der Waals surface area contributed by atoms with E-state index in [2.05, 4.69) is 15.0 Å². The van der Waals surface area contributed by atoms with Crippen LogP contribution >= 0.6 is 11.3 Å². The minimum absolute atomic E-state index is 0.000970. The lowest BCUT2D eigenvalue weighted by atomic mass is 10.2. The summed E-state index contributed by atoms with van der Waals surface area (Å²) in [7, 11) is 1.19. The van der Waals surface area contributed by atoms with Gasteiger partial charge in [0, 0.05) is 5.38 Å². The highest BCUT2D eigenvalue weighted by Crippen LogP contribution is 2.20. The van der Waals surface area contributed by atoms with Crippen molar-refractivity contribution in [2.24, 2.45) is 0 Å². The lowest BCUT2D eigenvalue weighted by Gasteiger charge is -2.11. The lowest BCUT2D eigenvalue weighted by molar-refractivity contribution is -0.129. The molecule has 0 fully saturated rings. The number of halogens is 1. The maximum Gasteiger partial charge on any atom is 0.357 e. The lowest BCUT2D eigenvalue weighted by Crippen LogP contribution is -2.29. The Morgan fingerprint density at radius 3 is 2.87 bits per heavy atom. The molecular weight excluding hydrogens is 325 g/mol. The number of thiazole rings is 1. The van der Waals surface area contributed by atoms with E-state index in [4.69, 9.17) is 10.00 Å². The van der Waals surface area contributed by atoms with Crippen LogP contribution in [-0.2, 0) is 9.53 Å². The van der Waals surface area contributed by atoms with E-state index in [9.17, 15) is 14.0 Å². The molecule has 1 aromatic heterocycles. The van der Waals surface area contributed by atoms with E-state index in [-0.39, 0.29) is 22.1 Å². The number of benzene rings is 1. The van der Waals surface area contributed by atoms with Crippen molar-refractivity contribution in [3.8, 4) is 11.8 Å². The quantitative estimate of drug-likeness (QED) is 0.840. The van der Waals surface area contributed by atoms with Gasteiger partial charge in [-0.15, -0.1) is 11.3 Å². The first-order valence-corrected chi connectivity index (χ1v) is 7.07. The Labute approximate surface area is 134 Å². The molecule has 2 rings (SSSR count). The Balaban J connectivity index is 2.01. The first-order chi connectivity index (χ1) is 11.0. The van der Waals surface area contributed by atoms with Crippen LogP contribution in [-0.4, -0.2) is 30.3 Å². The number of amides is 1. The molecule has 0 radical (unpaired) electrons. The van der Waals surface area contributed by atoms with E-state index in [0.717, 1.165) is 11.3 Å². The highest BCUT2D eigenvalue weighted by molar-refractivity contribution is 7.14. The smallest absolute Gasteiger partial charge is 0.357 e. The standard InChI is InChI=1S/C14H10FN3O4S/c1-21-13(20)9-7-23-14(17-9)18-12(19)11(15)22-10-5-3-2-4-8(10)6-16/h2-5,7,11H,1H3,(H,17,18,19). The van der Waals surface area contributed by atoms with Crippen molar-refractivity contribution in [2.45, 2.75) is 6.36 Å². The van der Waals surface area contributed by atoms with Crippen LogP contribution in [0.2, 0.25) is 0 Å². The number of anilines is 1. The van der Waals surface area contributed by atoms with Crippen LogP contribution in [0.5, 0.6) is 5.75 Å². The van der Waals surface area contributed by atoms with Crippen LogP contribution in [0.15, 0.2) is 29.6 Å². The van der Waals surface area contributed by atoms with Crippen molar-refractivity contribution in [1.82, 2.24) is 4.98 Å². The Kier molecular flexibility index (Phi) is 5.22. The Hall–Kier alpha value is -2.99. The van der Waals surface area contributed by atoms with Gasteiger partial charge in [0.1, 0.15) is 11.8 Å². The number of esters is 1. The number of carbonyl (C=O) groups excluding carboxylic acids is 2. The molecule has 1 N–H and O–H groups in total. The third-order valence-corrected chi connectivity index (χ3v) is 3.33. The summed E-state index contributed by atoms with van der Waals surface area (Å²) in [5.41, 5.74) is 0.101. The molecular formula is C14H10FN3O4S. The van der Waals surface area contributed by atoms with Crippen LogP contribution < -0.4 is 10.1 Å². The Morgan fingerprint density at radius 1 is 1.43 bits per heavy atom. The van der Waals surface area contributed by atoms with Gasteiger partial charge in [0.25, 0.3) is 0 Å². The minimum Gasteiger partial charge on any atom is -0.464 e. The molecule has 1 aromatic carbocycles. The minimum atomic E-state index is -2.34. The van der Waals surface area contributed by atoms with Gasteiger partial charge in [-0.05, 0) is 12.1 Å². The molecule has 0 bridgehead atoms. The summed E-state index contributed by atoms with van der Waals surface area (Å²) < 4.78 is 23.2. The second-order valence-corrected chi connectivity index (χ2v) is 4.92. The third-order valence-electron chi connectivity index (χ3n) is 2.57. The Morgan fingerprint density at radius 2 is 2.17 bits per heavy atom. The van der Waals surface area contributed by atoms with Gasteiger partial charge < -0.3 is 9.47 Å². The third kappa shape index (κ3) is 4.02. The monoisotopic (exact) mass is 335 g/mol. The number of rotatable bonds is 5. The number of methoxy groups -OCH3 is 1. The molecule has 0 spiro atoms. The van der Waals surface area contributed by atoms with Gasteiger partial charge in [0.15, 0.2) is 10.8 Å². The number of ether oxygens (including phenoxy) is 2. The second-order valence-electron chi connectivity index (χ2n) is 4.06. The Bertz CT molecular complexity index is 771. The number of aromatic nitrogens is 1. The maximum absolute atomic E-state index is 13.9. The highest BCUT2D eigenvalue weighted by atomic mass is 32.1. The van der Waals surface area contributed by atoms with Crippen LogP contribution in [0.3, 0.4) is 0 Å². The van der Waals surface area contributed by atoms with Crippen LogP contribution in [0.4, 0.5) is 9.52 Å². The molecule has 2 aromatic rings. The van der Waals surface area contributed by atoms with Gasteiger partial charge in [0.2, 0.25) is 0 Å². The average molecular weight is 335 g/mol. The topological polar surface area (TPSA) is 101 Å². The number of hydrogen-bond acceptors (Lipinski definition) is 7. The van der Waals surface area contributed by atoms with E-state index in [1.807, 2.05) is 6.07 Å². The van der Waals surface area contributed by atoms with Crippen molar-refractivity contribution in [3.05, 3.63) is 40.9 Å². The first kappa shape index (κ1) is 16.4. The van der Waals surface area contributed by atoms with Gasteiger partial charge in [0.05, 0.1) is 12.7 Å². The number of alkyl halides is 1. The molecule has 7 nitrogen and oxygen atoms in total. The number of carbonyl (C=O) groups is 2. The van der Waals surface area contributed by atoms with Gasteiger partial charge in [-0.2, -0.15) is 9.65 Å². The zero-order valence-corrected chi connectivity index (χ0v) is 12.6. The molecule has 1 atom stereocenters. The first-order valence-electron chi connectivity index (χ1n) is 6.19. The van der Waals surface area contributed by atoms with Gasteiger partial charge >= 0.3 is 18.2 Å². The number of nitriles is 1. The predicted molar refractivity (Wildman–Crippen MR) is 78.8 cm³/mol. The molecule has 0 aliphatic heterocycles. The fraction of sp³-hybridized carbons (Fsp3) is 0.143. The SMILES string of the molecule is COC(=O)c1csc(NC(=O)C(F)Oc2ccccc2C#N)n1. The van der Waals surface area contributed by atoms with Gasteiger partial charge in [-0.25, -0.2) is 9.78 Å². The molecule has 1 amide bonds. The molecule has 23 heavy (non-hydrogen) atoms. The predicted octanol–water partition coefficient (Wildman–Crippen LogP) is 2.11. The summed E-state index contributed by atoms with van der Waals surface area (Å²) in [5, 5.41) is 12.4. The number of nitrogens with one attached hydrogen (secondary N) is 1. The van der Waals surface area contributed by atoms with Gasteiger partial charge in [-0.1, -0.05) is 12.1 Å². The van der Waals surface area contributed by atoms with Gasteiger partial charge in [-0.3, -0.25) is 10.1 Å². The second kappa shape index (κ2) is 7.33. The van der Waals surface area contributed by atoms with E-state index < -0.39 is 18.2 Å². The van der Waals surface area contributed by atoms with E-state index in [1.54, 1.807) is 12.1 Å². The van der Waals surface area contributed by atoms with Crippen LogP contribution in [0.25, 0.3) is 0 Å². The largest absolute Gasteiger partial charge is 0.464 e. The molecule has 1 unspecified atom stereocenters. The van der Waals surface area contributed by atoms with Crippen LogP contribution in [0.1, 0.15) is 16.1 Å². The van der Waals surface area contributed by atoms with Crippen molar-refractivity contribution in [2.75, 3.05) is 12.4 Å².